The number of nitrogens with zero attached hydrogens (tertiary/aromatic N) is 3. The van der Waals surface area contributed by atoms with E-state index < -0.39 is 12.6 Å². The van der Waals surface area contributed by atoms with Crippen LogP contribution in [0.5, 0.6) is 5.75 Å². The molecular weight excluding hydrogens is 356 g/mol. The van der Waals surface area contributed by atoms with E-state index in [0.29, 0.717) is 5.69 Å². The van der Waals surface area contributed by atoms with E-state index in [9.17, 15) is 13.6 Å². The minimum atomic E-state index is -2.87. The molecule has 0 aliphatic heterocycles. The predicted octanol–water partition coefficient (Wildman–Crippen LogP) is 3.76. The summed E-state index contributed by atoms with van der Waals surface area (Å²) in [7, 11) is 1.81. The maximum atomic E-state index is 12.2. The number of benzene rings is 1. The monoisotopic (exact) mass is 375 g/mol. The molecule has 9 heteroatoms. The average Bonchev–Trinajstić information content (AvgIpc) is 2.88. The van der Waals surface area contributed by atoms with Gasteiger partial charge in [0.05, 0.1) is 23.6 Å². The Morgan fingerprint density at radius 2 is 1.96 bits per heavy atom. The minimum Gasteiger partial charge on any atom is -0.435 e. The fraction of sp³-hybridized carbons (Fsp3) is 0.278. The Hall–Kier alpha value is -3.23. The lowest BCUT2D eigenvalue weighted by atomic mass is 10.1. The number of ether oxygens (including phenoxy) is 1. The molecule has 0 aliphatic carbocycles. The molecule has 142 valence electrons. The van der Waals surface area contributed by atoms with Gasteiger partial charge in [-0.1, -0.05) is 12.1 Å². The van der Waals surface area contributed by atoms with Gasteiger partial charge in [0.2, 0.25) is 0 Å². The molecular formula is C18H19F2N5O2. The molecule has 2 amide bonds. The molecule has 1 atom stereocenters. The second kappa shape index (κ2) is 7.56. The second-order valence-electron chi connectivity index (χ2n) is 6.07. The molecule has 27 heavy (non-hydrogen) atoms. The molecule has 0 saturated heterocycles. The third kappa shape index (κ3) is 4.30. The van der Waals surface area contributed by atoms with Gasteiger partial charge >= 0.3 is 12.6 Å². The number of aromatic nitrogens is 3. The molecule has 0 spiro atoms. The van der Waals surface area contributed by atoms with Crippen LogP contribution in [0.25, 0.3) is 11.0 Å². The normalized spacial score (nSPS) is 12.2. The van der Waals surface area contributed by atoms with E-state index >= 15 is 0 Å². The first-order chi connectivity index (χ1) is 12.8. The van der Waals surface area contributed by atoms with Gasteiger partial charge in [0.1, 0.15) is 5.75 Å². The van der Waals surface area contributed by atoms with Crippen molar-refractivity contribution in [2.24, 2.45) is 7.05 Å². The number of pyridine rings is 1. The van der Waals surface area contributed by atoms with E-state index in [1.165, 1.54) is 12.1 Å². The summed E-state index contributed by atoms with van der Waals surface area (Å²) in [6, 6.07) is 7.18. The van der Waals surface area contributed by atoms with E-state index in [-0.39, 0.29) is 11.8 Å². The molecule has 0 aliphatic rings. The summed E-state index contributed by atoms with van der Waals surface area (Å²) in [5, 5.41) is 10.7. The molecule has 2 N–H and O–H groups in total. The number of carbonyl (C=O) groups is 1. The topological polar surface area (TPSA) is 81.1 Å². The van der Waals surface area contributed by atoms with Crippen molar-refractivity contribution < 1.29 is 18.3 Å². The molecule has 0 saturated carbocycles. The number of halogens is 2. The summed E-state index contributed by atoms with van der Waals surface area (Å²) in [5.74, 6) is 0.0663. The van der Waals surface area contributed by atoms with Gasteiger partial charge in [-0.3, -0.25) is 4.68 Å². The third-order valence-electron chi connectivity index (χ3n) is 4.07. The van der Waals surface area contributed by atoms with Crippen LogP contribution in [0.3, 0.4) is 0 Å². The highest BCUT2D eigenvalue weighted by Crippen LogP contribution is 2.21. The molecule has 2 heterocycles. The highest BCUT2D eigenvalue weighted by atomic mass is 19.3. The van der Waals surface area contributed by atoms with Gasteiger partial charge < -0.3 is 15.4 Å². The average molecular weight is 375 g/mol. The molecule has 1 unspecified atom stereocenters. The lowest BCUT2D eigenvalue weighted by molar-refractivity contribution is -0.0498. The van der Waals surface area contributed by atoms with Gasteiger partial charge in [-0.2, -0.15) is 13.9 Å². The first-order valence-electron chi connectivity index (χ1n) is 8.25. The maximum absolute atomic E-state index is 12.2. The van der Waals surface area contributed by atoms with Gasteiger partial charge in [-0.25, -0.2) is 9.78 Å². The van der Waals surface area contributed by atoms with Crippen LogP contribution in [0.15, 0.2) is 36.5 Å². The number of alkyl halides is 2. The standard InChI is InChI=1S/C18H19F2N5O2/c1-10(12-4-6-14(7-5-12)27-17(19)20)22-18(26)23-13-8-15-11(2)24-25(3)16(15)21-9-13/h4-10,17H,1-3H3,(H2,22,23,26). The lowest BCUT2D eigenvalue weighted by Crippen LogP contribution is -2.31. The summed E-state index contributed by atoms with van der Waals surface area (Å²) in [5.41, 5.74) is 2.86. The number of carbonyl (C=O) groups excluding carboxylic acids is 1. The Morgan fingerprint density at radius 1 is 1.26 bits per heavy atom. The third-order valence-corrected chi connectivity index (χ3v) is 4.07. The Morgan fingerprint density at radius 3 is 2.63 bits per heavy atom. The van der Waals surface area contributed by atoms with Crippen LogP contribution < -0.4 is 15.4 Å². The lowest BCUT2D eigenvalue weighted by Gasteiger charge is -2.15. The van der Waals surface area contributed by atoms with Gasteiger partial charge in [-0.15, -0.1) is 0 Å². The number of fused-ring (bicyclic) bond motifs is 1. The van der Waals surface area contributed by atoms with Crippen LogP contribution in [0, 0.1) is 6.92 Å². The number of hydrogen-bond acceptors (Lipinski definition) is 4. The summed E-state index contributed by atoms with van der Waals surface area (Å²) >= 11 is 0. The van der Waals surface area contributed by atoms with E-state index in [2.05, 4.69) is 25.5 Å². The Balaban J connectivity index is 1.64. The number of anilines is 1. The van der Waals surface area contributed by atoms with Crippen LogP contribution in [0.1, 0.15) is 24.2 Å². The number of nitrogens with one attached hydrogen (secondary N) is 2. The minimum absolute atomic E-state index is 0.0663. The predicted molar refractivity (Wildman–Crippen MR) is 96.9 cm³/mol. The van der Waals surface area contributed by atoms with Crippen LogP contribution in [0.2, 0.25) is 0 Å². The fourth-order valence-corrected chi connectivity index (χ4v) is 2.76. The van der Waals surface area contributed by atoms with Gasteiger partial charge in [-0.05, 0) is 37.6 Å². The van der Waals surface area contributed by atoms with Crippen molar-refractivity contribution in [3.05, 3.63) is 47.8 Å². The van der Waals surface area contributed by atoms with Gasteiger partial charge in [0.15, 0.2) is 5.65 Å². The Kier molecular flexibility index (Phi) is 5.20. The smallest absolute Gasteiger partial charge is 0.387 e. The largest absolute Gasteiger partial charge is 0.435 e. The summed E-state index contributed by atoms with van der Waals surface area (Å²) in [6.45, 7) is 0.790. The number of aryl methyl sites for hydroxylation is 2. The first kappa shape index (κ1) is 18.6. The van der Waals surface area contributed by atoms with Crippen molar-refractivity contribution in [3.63, 3.8) is 0 Å². The van der Waals surface area contributed by atoms with Crippen molar-refractivity contribution >= 4 is 22.8 Å². The highest BCUT2D eigenvalue weighted by molar-refractivity contribution is 5.92. The zero-order valence-electron chi connectivity index (χ0n) is 15.0. The number of urea groups is 1. The SMILES string of the molecule is Cc1nn(C)c2ncc(NC(=O)NC(C)c3ccc(OC(F)F)cc3)cc12. The molecule has 3 aromatic rings. The molecule has 3 rings (SSSR count). The zero-order chi connectivity index (χ0) is 19.6. The van der Waals surface area contributed by atoms with Crippen molar-refractivity contribution in [1.29, 1.82) is 0 Å². The molecule has 2 aromatic heterocycles. The van der Waals surface area contributed by atoms with Crippen LogP contribution in [0.4, 0.5) is 19.3 Å². The molecule has 0 radical (unpaired) electrons. The summed E-state index contributed by atoms with van der Waals surface area (Å²) in [4.78, 5) is 16.5. The Labute approximate surface area is 154 Å². The maximum Gasteiger partial charge on any atom is 0.387 e. The van der Waals surface area contributed by atoms with Crippen molar-refractivity contribution in [1.82, 2.24) is 20.1 Å². The first-order valence-corrected chi connectivity index (χ1v) is 8.25. The molecule has 0 fully saturated rings. The van der Waals surface area contributed by atoms with Gasteiger partial charge in [0.25, 0.3) is 0 Å². The van der Waals surface area contributed by atoms with Crippen molar-refractivity contribution in [2.45, 2.75) is 26.5 Å². The van der Waals surface area contributed by atoms with Crippen molar-refractivity contribution in [3.8, 4) is 5.75 Å². The summed E-state index contributed by atoms with van der Waals surface area (Å²) in [6.07, 6.45) is 1.56. The summed E-state index contributed by atoms with van der Waals surface area (Å²) < 4.78 is 30.4. The van der Waals surface area contributed by atoms with Crippen molar-refractivity contribution in [2.75, 3.05) is 5.32 Å². The van der Waals surface area contributed by atoms with E-state index in [4.69, 9.17) is 0 Å². The fourth-order valence-electron chi connectivity index (χ4n) is 2.76. The molecule has 0 bridgehead atoms. The quantitative estimate of drug-likeness (QED) is 0.711. The number of amides is 2. The highest BCUT2D eigenvalue weighted by Gasteiger charge is 2.12. The Bertz CT molecular complexity index is 956. The van der Waals surface area contributed by atoms with E-state index in [1.807, 2.05) is 13.0 Å². The number of hydrogen-bond donors (Lipinski definition) is 2. The second-order valence-corrected chi connectivity index (χ2v) is 6.07. The van der Waals surface area contributed by atoms with E-state index in [1.54, 1.807) is 37.0 Å². The van der Waals surface area contributed by atoms with E-state index in [0.717, 1.165) is 22.3 Å². The van der Waals surface area contributed by atoms with Gasteiger partial charge in [0, 0.05) is 12.4 Å². The van der Waals surface area contributed by atoms with Crippen LogP contribution in [-0.2, 0) is 7.05 Å². The molecule has 1 aromatic carbocycles. The zero-order valence-corrected chi connectivity index (χ0v) is 15.0. The number of rotatable bonds is 5. The van der Waals surface area contributed by atoms with Crippen LogP contribution in [-0.4, -0.2) is 27.4 Å². The molecule has 7 nitrogen and oxygen atoms in total. The van der Waals surface area contributed by atoms with Crippen LogP contribution >= 0.6 is 0 Å².